The largest absolute Gasteiger partial charge is 0.481 e. The zero-order valence-corrected chi connectivity index (χ0v) is 14.7. The highest BCUT2D eigenvalue weighted by Gasteiger charge is 2.39. The van der Waals surface area contributed by atoms with Crippen molar-refractivity contribution in [3.63, 3.8) is 0 Å². The summed E-state index contributed by atoms with van der Waals surface area (Å²) in [6, 6.07) is 0. The van der Waals surface area contributed by atoms with Crippen molar-refractivity contribution >= 4 is 14.3 Å². The van der Waals surface area contributed by atoms with Crippen LogP contribution in [0.5, 0.6) is 0 Å². The molecule has 0 radical (unpaired) electrons. The molecule has 0 aromatic carbocycles. The molecule has 5 heteroatoms. The quantitative estimate of drug-likeness (QED) is 0.407. The highest BCUT2D eigenvalue weighted by atomic mass is 28.4. The molecule has 0 amide bonds. The maximum absolute atomic E-state index is 11.3. The van der Waals surface area contributed by atoms with Gasteiger partial charge in [0, 0.05) is 0 Å². The van der Waals surface area contributed by atoms with Crippen LogP contribution in [0.3, 0.4) is 0 Å². The van der Waals surface area contributed by atoms with Gasteiger partial charge in [-0.2, -0.15) is 0 Å². The standard InChI is InChI=1S/C15H30O4Si/c1-8-10-15(5,13(17)18)11-9-12(16)19-20(6,7)14(2,3)4/h8,12,16H,1,9-11H2,2-7H3,(H,17,18)/t12-,15-/m0/s1. The number of hydrogen-bond acceptors (Lipinski definition) is 3. The highest BCUT2D eigenvalue weighted by molar-refractivity contribution is 6.74. The molecule has 0 rings (SSSR count). The van der Waals surface area contributed by atoms with Crippen LogP contribution in [0.2, 0.25) is 18.1 Å². The molecule has 0 saturated heterocycles. The fourth-order valence-corrected chi connectivity index (χ4v) is 2.78. The minimum atomic E-state index is -2.03. The Hall–Kier alpha value is -0.653. The molecule has 20 heavy (non-hydrogen) atoms. The van der Waals surface area contributed by atoms with E-state index in [-0.39, 0.29) is 5.04 Å². The third-order valence-electron chi connectivity index (χ3n) is 4.29. The summed E-state index contributed by atoms with van der Waals surface area (Å²) in [5.41, 5.74) is -0.889. The molecule has 0 aliphatic rings. The van der Waals surface area contributed by atoms with Crippen molar-refractivity contribution in [2.24, 2.45) is 5.41 Å². The van der Waals surface area contributed by atoms with Gasteiger partial charge < -0.3 is 14.6 Å². The van der Waals surface area contributed by atoms with Gasteiger partial charge in [0.1, 0.15) is 6.29 Å². The molecular formula is C15H30O4Si. The van der Waals surface area contributed by atoms with Gasteiger partial charge in [0.2, 0.25) is 0 Å². The van der Waals surface area contributed by atoms with Gasteiger partial charge in [0.05, 0.1) is 5.41 Å². The molecule has 0 bridgehead atoms. The third kappa shape index (κ3) is 5.38. The Bertz CT molecular complexity index is 346. The molecule has 0 unspecified atom stereocenters. The number of rotatable bonds is 8. The van der Waals surface area contributed by atoms with E-state index in [2.05, 4.69) is 40.4 Å². The number of carboxylic acids is 1. The number of aliphatic hydroxyl groups is 1. The van der Waals surface area contributed by atoms with Crippen molar-refractivity contribution in [3.8, 4) is 0 Å². The van der Waals surface area contributed by atoms with E-state index in [1.54, 1.807) is 13.0 Å². The number of carbonyl (C=O) groups is 1. The summed E-state index contributed by atoms with van der Waals surface area (Å²) < 4.78 is 5.83. The maximum Gasteiger partial charge on any atom is 0.309 e. The minimum Gasteiger partial charge on any atom is -0.481 e. The first-order valence-corrected chi connectivity index (χ1v) is 9.97. The number of aliphatic carboxylic acids is 1. The molecule has 0 heterocycles. The maximum atomic E-state index is 11.3. The molecule has 0 saturated carbocycles. The van der Waals surface area contributed by atoms with E-state index in [1.165, 1.54) is 0 Å². The monoisotopic (exact) mass is 302 g/mol. The predicted molar refractivity (Wildman–Crippen MR) is 84.1 cm³/mol. The summed E-state index contributed by atoms with van der Waals surface area (Å²) in [5.74, 6) is -0.864. The van der Waals surface area contributed by atoms with Crippen molar-refractivity contribution < 1.29 is 19.4 Å². The zero-order chi connectivity index (χ0) is 16.2. The van der Waals surface area contributed by atoms with Crippen LogP contribution < -0.4 is 0 Å². The lowest BCUT2D eigenvalue weighted by atomic mass is 9.82. The summed E-state index contributed by atoms with van der Waals surface area (Å²) in [5, 5.41) is 19.4. The van der Waals surface area contributed by atoms with Crippen molar-refractivity contribution in [2.45, 2.75) is 71.4 Å². The Morgan fingerprint density at radius 3 is 2.20 bits per heavy atom. The molecule has 0 aromatic heterocycles. The molecular weight excluding hydrogens is 272 g/mol. The van der Waals surface area contributed by atoms with Crippen LogP contribution in [0.1, 0.15) is 47.0 Å². The van der Waals surface area contributed by atoms with Gasteiger partial charge in [-0.05, 0) is 44.3 Å². The number of hydrogen-bond donors (Lipinski definition) is 2. The second kappa shape index (κ2) is 6.87. The SMILES string of the molecule is C=CC[C@@](C)(CC[C@@H](O)O[Si](C)(C)C(C)(C)C)C(=O)O. The van der Waals surface area contributed by atoms with Crippen LogP contribution in [0.15, 0.2) is 12.7 Å². The average molecular weight is 302 g/mol. The normalized spacial score (nSPS) is 17.4. The molecule has 2 atom stereocenters. The fraction of sp³-hybridized carbons (Fsp3) is 0.800. The molecule has 4 nitrogen and oxygen atoms in total. The Morgan fingerprint density at radius 1 is 1.35 bits per heavy atom. The number of carboxylic acid groups (broad SMARTS) is 1. The molecule has 2 N–H and O–H groups in total. The van der Waals surface area contributed by atoms with Crippen molar-refractivity contribution in [3.05, 3.63) is 12.7 Å². The van der Waals surface area contributed by atoms with Crippen LogP contribution >= 0.6 is 0 Å². The highest BCUT2D eigenvalue weighted by Crippen LogP contribution is 2.38. The van der Waals surface area contributed by atoms with Gasteiger partial charge in [0.25, 0.3) is 0 Å². The molecule has 0 fully saturated rings. The van der Waals surface area contributed by atoms with Crippen molar-refractivity contribution in [1.29, 1.82) is 0 Å². The second-order valence-corrected chi connectivity index (χ2v) is 12.0. The second-order valence-electron chi connectivity index (χ2n) is 7.23. The zero-order valence-electron chi connectivity index (χ0n) is 13.7. The summed E-state index contributed by atoms with van der Waals surface area (Å²) in [6.07, 6.45) is 1.77. The van der Waals surface area contributed by atoms with E-state index in [1.807, 2.05) is 0 Å². The van der Waals surface area contributed by atoms with Gasteiger partial charge in [-0.15, -0.1) is 6.58 Å². The van der Waals surface area contributed by atoms with Gasteiger partial charge in [-0.3, -0.25) is 4.79 Å². The van der Waals surface area contributed by atoms with Crippen molar-refractivity contribution in [1.82, 2.24) is 0 Å². The van der Waals surface area contributed by atoms with Crippen LogP contribution in [-0.4, -0.2) is 30.8 Å². The van der Waals surface area contributed by atoms with Crippen LogP contribution in [0.4, 0.5) is 0 Å². The first-order chi connectivity index (χ1) is 8.85. The summed E-state index contributed by atoms with van der Waals surface area (Å²) >= 11 is 0. The Kier molecular flexibility index (Phi) is 6.65. The smallest absolute Gasteiger partial charge is 0.309 e. The van der Waals surface area contributed by atoms with E-state index < -0.39 is 26.0 Å². The minimum absolute atomic E-state index is 0.0190. The van der Waals surface area contributed by atoms with Gasteiger partial charge in [0.15, 0.2) is 8.32 Å². The summed E-state index contributed by atoms with van der Waals surface area (Å²) in [4.78, 5) is 11.3. The number of allylic oxidation sites excluding steroid dienone is 1. The van der Waals surface area contributed by atoms with E-state index in [0.29, 0.717) is 19.3 Å². The van der Waals surface area contributed by atoms with Crippen LogP contribution in [0, 0.1) is 5.41 Å². The molecule has 0 aromatic rings. The van der Waals surface area contributed by atoms with Gasteiger partial charge in [-0.1, -0.05) is 26.8 Å². The Labute approximate surface area is 124 Å². The third-order valence-corrected chi connectivity index (χ3v) is 8.76. The van der Waals surface area contributed by atoms with Crippen molar-refractivity contribution in [2.75, 3.05) is 0 Å². The number of aliphatic hydroxyl groups excluding tert-OH is 1. The molecule has 0 aliphatic heterocycles. The summed E-state index contributed by atoms with van der Waals surface area (Å²) in [7, 11) is -2.03. The van der Waals surface area contributed by atoms with Gasteiger partial charge in [-0.25, -0.2) is 0 Å². The van der Waals surface area contributed by atoms with Crippen LogP contribution in [0.25, 0.3) is 0 Å². The Morgan fingerprint density at radius 2 is 1.85 bits per heavy atom. The lowest BCUT2D eigenvalue weighted by molar-refractivity contribution is -0.149. The molecule has 118 valence electrons. The van der Waals surface area contributed by atoms with E-state index in [4.69, 9.17) is 4.43 Å². The van der Waals surface area contributed by atoms with E-state index in [9.17, 15) is 15.0 Å². The topological polar surface area (TPSA) is 66.8 Å². The summed E-state index contributed by atoms with van der Waals surface area (Å²) in [6.45, 7) is 15.7. The lowest BCUT2D eigenvalue weighted by Gasteiger charge is -2.38. The van der Waals surface area contributed by atoms with Gasteiger partial charge >= 0.3 is 5.97 Å². The average Bonchev–Trinajstić information content (AvgIpc) is 2.24. The molecule has 0 spiro atoms. The molecule has 0 aliphatic carbocycles. The van der Waals surface area contributed by atoms with E-state index in [0.717, 1.165) is 0 Å². The Balaban J connectivity index is 4.59. The predicted octanol–water partition coefficient (Wildman–Crippen LogP) is 3.77. The van der Waals surface area contributed by atoms with E-state index >= 15 is 0 Å². The first kappa shape index (κ1) is 19.3. The fourth-order valence-electron chi connectivity index (χ4n) is 1.63. The first-order valence-electron chi connectivity index (χ1n) is 7.06. The lowest BCUT2D eigenvalue weighted by Crippen LogP contribution is -2.44. The van der Waals surface area contributed by atoms with Crippen LogP contribution in [-0.2, 0) is 9.22 Å².